The Morgan fingerprint density at radius 1 is 1.22 bits per heavy atom. The summed E-state index contributed by atoms with van der Waals surface area (Å²) >= 11 is 0. The third kappa shape index (κ3) is 3.08. The third-order valence-electron chi connectivity index (χ3n) is 5.51. The van der Waals surface area contributed by atoms with E-state index in [0.29, 0.717) is 16.5 Å². The first-order valence-corrected chi connectivity index (χ1v) is 8.26. The highest BCUT2D eigenvalue weighted by Gasteiger charge is 2.37. The van der Waals surface area contributed by atoms with Crippen LogP contribution >= 0.6 is 0 Å². The average Bonchev–Trinajstić information content (AvgIpc) is 2.56. The Morgan fingerprint density at radius 2 is 1.87 bits per heavy atom. The van der Waals surface area contributed by atoms with Gasteiger partial charge in [-0.25, -0.2) is 0 Å². The molecule has 0 bridgehead atoms. The second kappa shape index (κ2) is 6.28. The molecule has 1 aromatic rings. The fourth-order valence-corrected chi connectivity index (χ4v) is 3.86. The maximum absolute atomic E-state index is 12.8. The predicted molar refractivity (Wildman–Crippen MR) is 87.5 cm³/mol. The summed E-state index contributed by atoms with van der Waals surface area (Å²) in [5.41, 5.74) is 1.33. The van der Waals surface area contributed by atoms with Gasteiger partial charge >= 0.3 is 0 Å². The van der Waals surface area contributed by atoms with E-state index in [4.69, 9.17) is 0 Å². The van der Waals surface area contributed by atoms with Crippen LogP contribution in [0.15, 0.2) is 18.2 Å². The van der Waals surface area contributed by atoms with E-state index in [1.54, 1.807) is 19.1 Å². The molecule has 2 aliphatic rings. The van der Waals surface area contributed by atoms with Crippen LogP contribution in [0.2, 0.25) is 0 Å². The lowest BCUT2D eigenvalue weighted by Gasteiger charge is -2.44. The average molecular weight is 317 g/mol. The van der Waals surface area contributed by atoms with Gasteiger partial charge < -0.3 is 10.2 Å². The van der Waals surface area contributed by atoms with Crippen molar-refractivity contribution in [3.63, 3.8) is 0 Å². The Bertz CT molecular complexity index is 614. The summed E-state index contributed by atoms with van der Waals surface area (Å²) in [6, 6.07) is 4.74. The number of nitrogens with zero attached hydrogens (tertiary/aromatic N) is 2. The molecule has 0 radical (unpaired) electrons. The Balaban J connectivity index is 1.73. The molecule has 2 saturated heterocycles. The molecular formula is C17H23N3O3. The smallest absolute Gasteiger partial charge is 0.273 e. The molecular weight excluding hydrogens is 294 g/mol. The topological polar surface area (TPSA) is 75.5 Å². The molecule has 2 heterocycles. The summed E-state index contributed by atoms with van der Waals surface area (Å²) in [5, 5.41) is 14.4. The lowest BCUT2D eigenvalue weighted by Crippen LogP contribution is -2.47. The molecule has 1 spiro atoms. The molecule has 23 heavy (non-hydrogen) atoms. The van der Waals surface area contributed by atoms with Crippen molar-refractivity contribution in [2.45, 2.75) is 32.6 Å². The van der Waals surface area contributed by atoms with Crippen molar-refractivity contribution in [3.8, 4) is 0 Å². The van der Waals surface area contributed by atoms with Crippen molar-refractivity contribution in [3.05, 3.63) is 39.4 Å². The zero-order valence-electron chi connectivity index (χ0n) is 13.5. The number of amides is 1. The molecule has 1 aromatic carbocycles. The molecule has 0 saturated carbocycles. The summed E-state index contributed by atoms with van der Waals surface area (Å²) in [6.45, 7) is 5.29. The SMILES string of the molecule is Cc1c(C(=O)N2CCC3(CCNCC3)CC2)cccc1[N+](=O)[O-]. The normalized spacial score (nSPS) is 20.5. The summed E-state index contributed by atoms with van der Waals surface area (Å²) in [5.74, 6) is -0.0741. The number of rotatable bonds is 2. The molecule has 124 valence electrons. The van der Waals surface area contributed by atoms with Crippen molar-refractivity contribution >= 4 is 11.6 Å². The van der Waals surface area contributed by atoms with Crippen LogP contribution in [-0.4, -0.2) is 41.9 Å². The molecule has 0 aliphatic carbocycles. The molecule has 6 nitrogen and oxygen atoms in total. The van der Waals surface area contributed by atoms with Crippen LogP contribution in [0.5, 0.6) is 0 Å². The quantitative estimate of drug-likeness (QED) is 0.672. The van der Waals surface area contributed by atoms with Crippen LogP contribution in [0.1, 0.15) is 41.6 Å². The van der Waals surface area contributed by atoms with Crippen LogP contribution in [-0.2, 0) is 0 Å². The Morgan fingerprint density at radius 3 is 2.48 bits per heavy atom. The molecule has 1 amide bonds. The number of likely N-dealkylation sites (tertiary alicyclic amines) is 1. The van der Waals surface area contributed by atoms with Gasteiger partial charge in [0.1, 0.15) is 0 Å². The number of hydrogen-bond acceptors (Lipinski definition) is 4. The van der Waals surface area contributed by atoms with Gasteiger partial charge in [0, 0.05) is 30.3 Å². The molecule has 1 N–H and O–H groups in total. The second-order valence-corrected chi connectivity index (χ2v) is 6.75. The van der Waals surface area contributed by atoms with E-state index >= 15 is 0 Å². The van der Waals surface area contributed by atoms with Crippen molar-refractivity contribution in [1.82, 2.24) is 10.2 Å². The van der Waals surface area contributed by atoms with Crippen molar-refractivity contribution < 1.29 is 9.72 Å². The fraction of sp³-hybridized carbons (Fsp3) is 0.588. The van der Waals surface area contributed by atoms with Crippen molar-refractivity contribution in [2.75, 3.05) is 26.2 Å². The fourth-order valence-electron chi connectivity index (χ4n) is 3.86. The van der Waals surface area contributed by atoms with E-state index in [0.717, 1.165) is 39.0 Å². The molecule has 2 fully saturated rings. The molecule has 6 heteroatoms. The van der Waals surface area contributed by atoms with Gasteiger partial charge in [-0.1, -0.05) is 6.07 Å². The van der Waals surface area contributed by atoms with Gasteiger partial charge in [0.2, 0.25) is 0 Å². The van der Waals surface area contributed by atoms with Crippen LogP contribution in [0.25, 0.3) is 0 Å². The standard InChI is InChI=1S/C17H23N3O3/c1-13-14(3-2-4-15(13)20(22)23)16(21)19-11-7-17(8-12-19)5-9-18-10-6-17/h2-4,18H,5-12H2,1H3. The highest BCUT2D eigenvalue weighted by Crippen LogP contribution is 2.39. The zero-order chi connectivity index (χ0) is 16.4. The van der Waals surface area contributed by atoms with Gasteiger partial charge in [-0.3, -0.25) is 14.9 Å². The van der Waals surface area contributed by atoms with Crippen LogP contribution in [0.3, 0.4) is 0 Å². The van der Waals surface area contributed by atoms with Gasteiger partial charge in [0.15, 0.2) is 0 Å². The summed E-state index contributed by atoms with van der Waals surface area (Å²) in [7, 11) is 0. The lowest BCUT2D eigenvalue weighted by molar-refractivity contribution is -0.385. The van der Waals surface area contributed by atoms with Gasteiger partial charge in [0.25, 0.3) is 11.6 Å². The molecule has 0 unspecified atom stereocenters. The third-order valence-corrected chi connectivity index (χ3v) is 5.51. The van der Waals surface area contributed by atoms with E-state index in [1.807, 2.05) is 4.90 Å². The van der Waals surface area contributed by atoms with E-state index < -0.39 is 4.92 Å². The molecule has 3 rings (SSSR count). The lowest BCUT2D eigenvalue weighted by atomic mass is 9.71. The molecule has 0 aromatic heterocycles. The first-order chi connectivity index (χ1) is 11.0. The maximum atomic E-state index is 12.8. The van der Waals surface area contributed by atoms with Gasteiger partial charge in [0.05, 0.1) is 4.92 Å². The van der Waals surface area contributed by atoms with Crippen molar-refractivity contribution in [1.29, 1.82) is 0 Å². The highest BCUT2D eigenvalue weighted by atomic mass is 16.6. The van der Waals surface area contributed by atoms with E-state index in [2.05, 4.69) is 5.32 Å². The van der Waals surface area contributed by atoms with Crippen LogP contribution in [0, 0.1) is 22.5 Å². The van der Waals surface area contributed by atoms with Gasteiger partial charge in [-0.15, -0.1) is 0 Å². The van der Waals surface area contributed by atoms with Crippen LogP contribution < -0.4 is 5.32 Å². The van der Waals surface area contributed by atoms with Crippen LogP contribution in [0.4, 0.5) is 5.69 Å². The Kier molecular flexibility index (Phi) is 4.35. The van der Waals surface area contributed by atoms with E-state index in [9.17, 15) is 14.9 Å². The number of nitrogens with one attached hydrogen (secondary N) is 1. The Labute approximate surface area is 136 Å². The van der Waals surface area contributed by atoms with Crippen molar-refractivity contribution in [2.24, 2.45) is 5.41 Å². The number of hydrogen-bond donors (Lipinski definition) is 1. The number of carbonyl (C=O) groups is 1. The predicted octanol–water partition coefficient (Wildman–Crippen LogP) is 2.51. The van der Waals surface area contributed by atoms with E-state index in [1.165, 1.54) is 18.9 Å². The zero-order valence-corrected chi connectivity index (χ0v) is 13.5. The number of nitro benzene ring substituents is 1. The largest absolute Gasteiger partial charge is 0.339 e. The Hall–Kier alpha value is -1.95. The number of piperidine rings is 2. The number of carbonyl (C=O) groups excluding carboxylic acids is 1. The van der Waals surface area contributed by atoms with Gasteiger partial charge in [-0.05, 0) is 57.2 Å². The summed E-state index contributed by atoms with van der Waals surface area (Å²) in [4.78, 5) is 25.2. The maximum Gasteiger partial charge on any atom is 0.273 e. The monoisotopic (exact) mass is 317 g/mol. The highest BCUT2D eigenvalue weighted by molar-refractivity contribution is 5.96. The minimum Gasteiger partial charge on any atom is -0.339 e. The molecule has 2 aliphatic heterocycles. The van der Waals surface area contributed by atoms with E-state index in [-0.39, 0.29) is 11.6 Å². The van der Waals surface area contributed by atoms with Gasteiger partial charge in [-0.2, -0.15) is 0 Å². The minimum absolute atomic E-state index is 0.0164. The summed E-state index contributed by atoms with van der Waals surface area (Å²) in [6.07, 6.45) is 4.44. The number of benzene rings is 1. The first kappa shape index (κ1) is 15.9. The minimum atomic E-state index is -0.424. The second-order valence-electron chi connectivity index (χ2n) is 6.75. The molecule has 0 atom stereocenters. The first-order valence-electron chi connectivity index (χ1n) is 8.26. The number of nitro groups is 1. The summed E-state index contributed by atoms with van der Waals surface area (Å²) < 4.78 is 0.